The van der Waals surface area contributed by atoms with Gasteiger partial charge >= 0.3 is 72.3 Å². The Bertz CT molecular complexity index is 108. The third-order valence-electron chi connectivity index (χ3n) is 1.61. The van der Waals surface area contributed by atoms with Crippen LogP contribution in [0.1, 0.15) is 19.3 Å². The van der Waals surface area contributed by atoms with Crippen LogP contribution in [0.2, 0.25) is 0 Å². The van der Waals surface area contributed by atoms with Gasteiger partial charge in [0, 0.05) is 0 Å². The van der Waals surface area contributed by atoms with Crippen molar-refractivity contribution in [1.82, 2.24) is 4.90 Å². The Labute approximate surface area is 72.4 Å². The zero-order chi connectivity index (χ0) is 6.69. The monoisotopic (exact) mass is 257 g/mol. The molecule has 0 aromatic rings. The van der Waals surface area contributed by atoms with E-state index >= 15 is 0 Å². The Morgan fingerprint density at radius 3 is 2.11 bits per heavy atom. The van der Waals surface area contributed by atoms with Gasteiger partial charge in [-0.25, -0.2) is 0 Å². The van der Waals surface area contributed by atoms with E-state index in [-0.39, 0.29) is 0 Å². The zero-order valence-electron chi connectivity index (χ0n) is 5.30. The molecule has 52 valence electrons. The summed E-state index contributed by atoms with van der Waals surface area (Å²) in [6, 6.07) is 0. The Kier molecular flexibility index (Phi) is 3.28. The van der Waals surface area contributed by atoms with Crippen molar-refractivity contribution in [3.8, 4) is 0 Å². The Morgan fingerprint density at radius 2 is 1.78 bits per heavy atom. The van der Waals surface area contributed by atoms with Crippen LogP contribution in [0.5, 0.6) is 0 Å². The van der Waals surface area contributed by atoms with Gasteiger partial charge in [0.2, 0.25) is 0 Å². The zero-order valence-corrected chi connectivity index (χ0v) is 8.73. The third-order valence-corrected chi connectivity index (χ3v) is 2.70. The molecule has 3 heteroatoms. The van der Waals surface area contributed by atoms with Crippen LogP contribution >= 0.6 is 0 Å². The van der Waals surface area contributed by atoms with Gasteiger partial charge in [0.05, 0.1) is 0 Å². The molecule has 1 heterocycles. The van der Waals surface area contributed by atoms with Gasteiger partial charge < -0.3 is 0 Å². The summed E-state index contributed by atoms with van der Waals surface area (Å²) in [6.45, 7) is 2.46. The molecule has 9 heavy (non-hydrogen) atoms. The summed E-state index contributed by atoms with van der Waals surface area (Å²) >= 11 is 5.99. The molecule has 1 nitrogen and oxygen atoms in total. The number of rotatable bonds is 1. The van der Waals surface area contributed by atoms with E-state index in [0.29, 0.717) is 0 Å². The van der Waals surface area contributed by atoms with Crippen LogP contribution in [-0.2, 0) is 0 Å². The van der Waals surface area contributed by atoms with E-state index in [2.05, 4.69) is 36.5 Å². The molecular formula is C6H10NSe2-. The van der Waals surface area contributed by atoms with Gasteiger partial charge in [-0.2, -0.15) is 0 Å². The minimum absolute atomic E-state index is 1.23. The molecule has 0 aliphatic carbocycles. The van der Waals surface area contributed by atoms with Crippen molar-refractivity contribution in [2.24, 2.45) is 0 Å². The van der Waals surface area contributed by atoms with Gasteiger partial charge in [-0.1, -0.05) is 0 Å². The molecule has 1 aliphatic heterocycles. The summed E-state index contributed by atoms with van der Waals surface area (Å²) in [5, 5.41) is 0. The van der Waals surface area contributed by atoms with E-state index in [0.717, 1.165) is 0 Å². The second-order valence-electron chi connectivity index (χ2n) is 2.31. The quantitative estimate of drug-likeness (QED) is 0.467. The van der Waals surface area contributed by atoms with Gasteiger partial charge in [-0.15, -0.1) is 0 Å². The van der Waals surface area contributed by atoms with Gasteiger partial charge in [-0.05, 0) is 0 Å². The van der Waals surface area contributed by atoms with Gasteiger partial charge in [0.15, 0.2) is 0 Å². The van der Waals surface area contributed by atoms with Crippen molar-refractivity contribution in [3.05, 3.63) is 0 Å². The minimum atomic E-state index is 1.23. The molecule has 0 aromatic heterocycles. The molecule has 0 aromatic carbocycles. The second-order valence-corrected chi connectivity index (χ2v) is 5.25. The molecular weight excluding hydrogens is 245 g/mol. The standard InChI is InChI=1S/C6H11NSe2/c8-6(9)7-4-2-1-3-5-7/h1-5H2,(H,8,9)/p-1/i6+1. The summed E-state index contributed by atoms with van der Waals surface area (Å²) in [5.41, 5.74) is 0. The van der Waals surface area contributed by atoms with Crippen LogP contribution in [0.4, 0.5) is 0 Å². The molecule has 0 N–H and O–H groups in total. The fourth-order valence-corrected chi connectivity index (χ4v) is 1.84. The van der Waals surface area contributed by atoms with Crippen molar-refractivity contribution in [1.29, 1.82) is 0 Å². The fraction of sp³-hybridized carbons (Fsp3) is 0.833. The molecule has 0 atom stereocenters. The Balaban J connectivity index is 2.31. The van der Waals surface area contributed by atoms with Crippen LogP contribution < -0.4 is 0 Å². The van der Waals surface area contributed by atoms with Crippen LogP contribution in [0.3, 0.4) is 0 Å². The molecule has 0 bridgehead atoms. The summed E-state index contributed by atoms with van der Waals surface area (Å²) in [4.78, 5) is 2.36. The average molecular weight is 255 g/mol. The van der Waals surface area contributed by atoms with E-state index in [1.807, 2.05) is 0 Å². The molecule has 1 saturated heterocycles. The Hall–Kier alpha value is 0.709. The van der Waals surface area contributed by atoms with E-state index in [1.165, 1.54) is 35.8 Å². The van der Waals surface area contributed by atoms with Crippen LogP contribution in [0, 0.1) is 0 Å². The molecule has 0 radical (unpaired) electrons. The molecule has 0 spiro atoms. The van der Waals surface area contributed by atoms with Gasteiger partial charge in [-0.3, -0.25) is 0 Å². The van der Waals surface area contributed by atoms with Gasteiger partial charge in [0.1, 0.15) is 0 Å². The maximum absolute atomic E-state index is 3.00. The SMILES string of the molecule is [Se]=[13C]([Se-])N1CCCCC1. The average Bonchev–Trinajstić information content (AvgIpc) is 1.90. The van der Waals surface area contributed by atoms with Gasteiger partial charge in [0.25, 0.3) is 0 Å². The predicted molar refractivity (Wildman–Crippen MR) is 41.9 cm³/mol. The third kappa shape index (κ3) is 2.43. The first-order valence-corrected chi connectivity index (χ1v) is 4.98. The maximum atomic E-state index is 3.00. The Morgan fingerprint density at radius 1 is 1.22 bits per heavy atom. The summed E-state index contributed by atoms with van der Waals surface area (Å²) in [5.74, 6) is 0. The predicted octanol–water partition coefficient (Wildman–Crippen LogP) is -0.103. The van der Waals surface area contributed by atoms with Crippen LogP contribution in [-0.4, -0.2) is 53.0 Å². The van der Waals surface area contributed by atoms with Crippen molar-refractivity contribution in [3.63, 3.8) is 0 Å². The fourth-order valence-electron chi connectivity index (χ4n) is 1.08. The normalized spacial score (nSPS) is 19.8. The van der Waals surface area contributed by atoms with E-state index < -0.39 is 0 Å². The summed E-state index contributed by atoms with van der Waals surface area (Å²) in [6.07, 6.45) is 4.11. The molecule has 1 aliphatic rings. The van der Waals surface area contributed by atoms with E-state index in [4.69, 9.17) is 0 Å². The second kappa shape index (κ2) is 3.78. The molecule has 0 unspecified atom stereocenters. The first-order valence-electron chi connectivity index (χ1n) is 3.26. The first-order chi connectivity index (χ1) is 4.30. The topological polar surface area (TPSA) is 3.24 Å². The van der Waals surface area contributed by atoms with Crippen molar-refractivity contribution >= 4 is 35.0 Å². The van der Waals surface area contributed by atoms with Crippen molar-refractivity contribution in [2.45, 2.75) is 19.3 Å². The molecule has 1 fully saturated rings. The van der Waals surface area contributed by atoms with Crippen molar-refractivity contribution < 1.29 is 0 Å². The number of likely N-dealkylation sites (tertiary alicyclic amines) is 1. The molecule has 0 saturated carbocycles. The summed E-state index contributed by atoms with van der Waals surface area (Å²) < 4.78 is 1.23. The number of hydrogen-bond donors (Lipinski definition) is 0. The van der Waals surface area contributed by atoms with Crippen LogP contribution in [0.25, 0.3) is 0 Å². The first kappa shape index (κ1) is 7.81. The number of hydrogen-bond acceptors (Lipinski definition) is 1. The molecule has 1 rings (SSSR count). The van der Waals surface area contributed by atoms with Crippen LogP contribution in [0.15, 0.2) is 0 Å². The molecule has 0 amide bonds. The van der Waals surface area contributed by atoms with E-state index in [9.17, 15) is 0 Å². The number of nitrogens with zero attached hydrogens (tertiary/aromatic N) is 1. The number of piperidine rings is 1. The summed E-state index contributed by atoms with van der Waals surface area (Å²) in [7, 11) is 0. The van der Waals surface area contributed by atoms with Crippen molar-refractivity contribution in [2.75, 3.05) is 13.1 Å². The van der Waals surface area contributed by atoms with E-state index in [1.54, 1.807) is 0 Å².